The topological polar surface area (TPSA) is 550 Å². The first-order chi connectivity index (χ1) is 33.3. The van der Waals surface area contributed by atoms with Crippen LogP contribution >= 0.6 is 0 Å². The first-order valence-electron chi connectivity index (χ1n) is 18.3. The predicted molar refractivity (Wildman–Crippen MR) is 240 cm³/mol. The number of nitrogens with zero attached hydrogens (tertiary/aromatic N) is 10. The van der Waals surface area contributed by atoms with E-state index in [1.165, 1.54) is 24.3 Å². The van der Waals surface area contributed by atoms with E-state index in [0.29, 0.717) is 24.3 Å². The van der Waals surface area contributed by atoms with Gasteiger partial charge in [-0.2, -0.15) is 30.7 Å². The van der Waals surface area contributed by atoms with Crippen LogP contribution in [-0.2, 0) is 57.8 Å². The molecule has 6 aromatic carbocycles. The van der Waals surface area contributed by atoms with E-state index in [2.05, 4.69) is 40.9 Å². The summed E-state index contributed by atoms with van der Waals surface area (Å²) in [5, 5.41) is 71.6. The van der Waals surface area contributed by atoms with Gasteiger partial charge in [0, 0.05) is 24.3 Å². The molecule has 32 nitrogen and oxygen atoms in total. The zero-order valence-corrected chi connectivity index (χ0v) is 39.7. The van der Waals surface area contributed by atoms with E-state index in [1.807, 2.05) is 0 Å². The van der Waals surface area contributed by atoms with Gasteiger partial charge in [-0.1, -0.05) is 12.1 Å². The molecule has 37 heteroatoms. The zero-order valence-electron chi connectivity index (χ0n) is 35.2. The second-order valence-corrected chi connectivity index (χ2v) is 19.0. The van der Waals surface area contributed by atoms with Gasteiger partial charge in [-0.05, 0) is 60.7 Å². The summed E-state index contributed by atoms with van der Waals surface area (Å²) in [6, 6.07) is 14.9. The second-order valence-electron chi connectivity index (χ2n) is 13.5. The van der Waals surface area contributed by atoms with Crippen molar-refractivity contribution < 1.29 is 89.3 Å². The standard InChI is InChI=1S/2C18H13N7O9S2.Cr/c2*19-12-7-13(20)15(8-14(12)22-21-9-1-3-11(4-2-9)35(29,30)31)23-24-16-5-10(25(27)28)6-17(18(16)26)36(32,33)34;/h2*1-8H,(H5-2,19,20,21,22,23,24,26,29,30,31,32,33,34);/q2*-2;+3/p-4. The number of phenols is 2. The van der Waals surface area contributed by atoms with E-state index in [4.69, 9.17) is 22.9 Å². The average Bonchev–Trinajstić information content (AvgIpc) is 3.27. The molecule has 0 saturated carbocycles. The number of hydrogen-bond acceptors (Lipinski definition) is 26. The zero-order chi connectivity index (χ0) is 53.7. The fourth-order valence-electron chi connectivity index (χ4n) is 5.19. The minimum Gasteiger partial charge on any atom is -0.744 e. The average molecular weight is 1120 g/mol. The molecule has 0 spiro atoms. The van der Waals surface area contributed by atoms with Crippen LogP contribution in [0.1, 0.15) is 0 Å². The smallest absolute Gasteiger partial charge is 0.744 e. The summed E-state index contributed by atoms with van der Waals surface area (Å²) < 4.78 is 134. The maximum atomic E-state index is 11.3. The molecule has 0 aromatic heterocycles. The van der Waals surface area contributed by atoms with Gasteiger partial charge in [-0.25, -0.2) is 33.7 Å². The Morgan fingerprint density at radius 3 is 0.890 bits per heavy atom. The number of non-ortho nitro benzene ring substituents is 2. The quantitative estimate of drug-likeness (QED) is 0.0443. The fourth-order valence-corrected chi connectivity index (χ4v) is 7.34. The predicted octanol–water partition coefficient (Wildman–Crippen LogP) is 10.6. The van der Waals surface area contributed by atoms with Crippen molar-refractivity contribution in [2.45, 2.75) is 19.6 Å². The van der Waals surface area contributed by atoms with Gasteiger partial charge < -0.3 is 51.4 Å². The molecule has 0 amide bonds. The molecular formula is C36H22CrN14O18S4-5. The molecule has 0 atom stereocenters. The molecule has 0 aliphatic carbocycles. The molecule has 0 fully saturated rings. The summed E-state index contributed by atoms with van der Waals surface area (Å²) in [4.78, 5) is 16.5. The molecule has 0 aliphatic rings. The van der Waals surface area contributed by atoms with Gasteiger partial charge in [-0.15, -0.1) is 33.0 Å². The summed E-state index contributed by atoms with van der Waals surface area (Å²) in [5.41, 5.74) is 26.5. The molecule has 1 radical (unpaired) electrons. The normalized spacial score (nSPS) is 12.2. The largest absolute Gasteiger partial charge is 3.00 e. The maximum Gasteiger partial charge on any atom is 3.00 e. The molecule has 6 rings (SSSR count). The molecule has 6 aromatic rings. The number of nitro groups is 2. The minimum absolute atomic E-state index is 0. The number of azo groups is 4. The van der Waals surface area contributed by atoms with Crippen molar-refractivity contribution in [2.24, 2.45) is 40.9 Å². The molecule has 0 bridgehead atoms. The molecule has 6 N–H and O–H groups in total. The third-order valence-electron chi connectivity index (χ3n) is 8.60. The molecular weight excluding hydrogens is 1100 g/mol. The van der Waals surface area contributed by atoms with Crippen molar-refractivity contribution >= 4 is 120 Å². The van der Waals surface area contributed by atoms with Crippen LogP contribution in [0.3, 0.4) is 0 Å². The van der Waals surface area contributed by atoms with Crippen molar-refractivity contribution in [3.05, 3.63) is 140 Å². The molecule has 0 heterocycles. The van der Waals surface area contributed by atoms with Crippen LogP contribution in [0.4, 0.5) is 79.6 Å². The Labute approximate surface area is 419 Å². The first kappa shape index (κ1) is 57.1. The molecule has 73 heavy (non-hydrogen) atoms. The van der Waals surface area contributed by atoms with Gasteiger partial charge in [0.2, 0.25) is 0 Å². The van der Waals surface area contributed by atoms with Gasteiger partial charge in [0.25, 0.3) is 11.4 Å². The number of aromatic hydroxyl groups is 2. The number of phenolic OH excluding ortho intramolecular Hbond substituents is 2. The van der Waals surface area contributed by atoms with Crippen molar-refractivity contribution in [3.8, 4) is 11.5 Å². The third kappa shape index (κ3) is 14.8. The van der Waals surface area contributed by atoms with Crippen LogP contribution in [0.25, 0.3) is 22.9 Å². The van der Waals surface area contributed by atoms with Crippen LogP contribution in [0.5, 0.6) is 11.5 Å². The number of nitrogens with one attached hydrogen (secondary N) is 4. The van der Waals surface area contributed by atoms with E-state index in [1.54, 1.807) is 0 Å². The Bertz CT molecular complexity index is 3530. The first-order valence-corrected chi connectivity index (χ1v) is 23.9. The van der Waals surface area contributed by atoms with Crippen LogP contribution in [-0.4, -0.2) is 71.9 Å². The summed E-state index contributed by atoms with van der Waals surface area (Å²) in [7, 11) is -19.9. The van der Waals surface area contributed by atoms with Crippen molar-refractivity contribution in [2.75, 3.05) is 0 Å². The Balaban J connectivity index is 0.000000312. The van der Waals surface area contributed by atoms with Crippen LogP contribution < -0.4 is 0 Å². The SMILES string of the molecule is [Cr+3].[NH-]c1cc([NH-])c(N=Nc2cc([N+](=O)[O-])cc(S(=O)(=O)[O-])c2O)cc1N=Nc1ccc(S(=O)(=O)[O-])cc1.[NH-]c1cc([NH-])c(N=Nc2cc([N+](=O)[O-])cc(S(=O)(=O)[O-])c2O)cc1N=Nc1ccc(S(=O)(=O)[O-])cc1. The molecule has 379 valence electrons. The summed E-state index contributed by atoms with van der Waals surface area (Å²) in [6.45, 7) is 0. The maximum absolute atomic E-state index is 11.3. The Kier molecular flexibility index (Phi) is 17.4. The van der Waals surface area contributed by atoms with Crippen molar-refractivity contribution in [1.29, 1.82) is 0 Å². The van der Waals surface area contributed by atoms with E-state index >= 15 is 0 Å². The third-order valence-corrected chi connectivity index (χ3v) is 12.0. The van der Waals surface area contributed by atoms with Gasteiger partial charge in [-0.3, -0.25) is 20.2 Å². The van der Waals surface area contributed by atoms with E-state index < -0.39 is 104 Å². The summed E-state index contributed by atoms with van der Waals surface area (Å²) in [6.07, 6.45) is 0. The van der Waals surface area contributed by atoms with Crippen LogP contribution in [0.15, 0.2) is 158 Å². The molecule has 0 saturated heterocycles. The Hall–Kier alpha value is -8.51. The van der Waals surface area contributed by atoms with E-state index in [-0.39, 0.29) is 74.2 Å². The van der Waals surface area contributed by atoms with Gasteiger partial charge >= 0.3 is 17.4 Å². The van der Waals surface area contributed by atoms with Crippen LogP contribution in [0.2, 0.25) is 0 Å². The summed E-state index contributed by atoms with van der Waals surface area (Å²) >= 11 is 0. The van der Waals surface area contributed by atoms with Crippen molar-refractivity contribution in [1.82, 2.24) is 0 Å². The van der Waals surface area contributed by atoms with E-state index in [9.17, 15) is 82.3 Å². The molecule has 0 aliphatic heterocycles. The fraction of sp³-hybridized carbons (Fsp3) is 0. The summed E-state index contributed by atoms with van der Waals surface area (Å²) in [5.74, 6) is -2.38. The number of benzene rings is 6. The van der Waals surface area contributed by atoms with Gasteiger partial charge in [0.15, 0.2) is 11.5 Å². The van der Waals surface area contributed by atoms with E-state index in [0.717, 1.165) is 48.5 Å². The second kappa shape index (κ2) is 22.3. The number of hydrogen-bond donors (Lipinski definition) is 2. The van der Waals surface area contributed by atoms with Gasteiger partial charge in [0.1, 0.15) is 61.6 Å². The molecule has 0 unspecified atom stereocenters. The Morgan fingerprint density at radius 2 is 0.644 bits per heavy atom. The van der Waals surface area contributed by atoms with Gasteiger partial charge in [0.05, 0.1) is 53.8 Å². The minimum atomic E-state index is -5.31. The number of nitro benzene ring substituents is 2. The monoisotopic (exact) mass is 1120 g/mol. The van der Waals surface area contributed by atoms with Crippen LogP contribution in [0, 0.1) is 20.2 Å². The number of rotatable bonds is 14. The van der Waals surface area contributed by atoms with Crippen molar-refractivity contribution in [3.63, 3.8) is 0 Å². The Morgan fingerprint density at radius 1 is 0.384 bits per heavy atom.